The fourth-order valence-corrected chi connectivity index (χ4v) is 3.27. The third-order valence-corrected chi connectivity index (χ3v) is 7.31. The summed E-state index contributed by atoms with van der Waals surface area (Å²) in [6.45, 7) is 1.66. The Morgan fingerprint density at radius 1 is 1.00 bits per heavy atom. The van der Waals surface area contributed by atoms with Gasteiger partial charge in [0.15, 0.2) is 0 Å². The zero-order valence-corrected chi connectivity index (χ0v) is 9.09. The maximum absolute atomic E-state index is 8.13. The molecule has 0 fully saturated rings. The van der Waals surface area contributed by atoms with E-state index < -0.39 is 19.2 Å². The number of hydrogen-bond donors (Lipinski definition) is 0. The van der Waals surface area contributed by atoms with Crippen molar-refractivity contribution in [1.29, 1.82) is 0 Å². The van der Waals surface area contributed by atoms with Gasteiger partial charge in [-0.15, -0.1) is 0 Å². The van der Waals surface area contributed by atoms with Gasteiger partial charge < -0.3 is 0 Å². The minimum absolute atomic E-state index is 0.326. The van der Waals surface area contributed by atoms with Crippen LogP contribution in [-0.2, 0) is 0 Å². The van der Waals surface area contributed by atoms with Gasteiger partial charge in [-0.25, -0.2) is 0 Å². The van der Waals surface area contributed by atoms with Crippen LogP contribution >= 0.6 is 0 Å². The van der Waals surface area contributed by atoms with Gasteiger partial charge in [-0.05, 0) is 0 Å². The molecule has 0 saturated heterocycles. The second kappa shape index (κ2) is 5.39. The zero-order chi connectivity index (χ0) is 9.45. The Morgan fingerprint density at radius 3 is 1.50 bits per heavy atom. The first-order chi connectivity index (χ1) is 5.74. The number of rotatable bonds is 4. The summed E-state index contributed by atoms with van der Waals surface area (Å²) in [5.41, 5.74) is 24.4. The van der Waals surface area contributed by atoms with Crippen LogP contribution in [0.5, 0.6) is 0 Å². The van der Waals surface area contributed by atoms with E-state index >= 15 is 0 Å². The summed E-state index contributed by atoms with van der Waals surface area (Å²) in [5.74, 6) is 0. The van der Waals surface area contributed by atoms with E-state index in [1.54, 1.807) is 6.92 Å². The second-order valence-corrected chi connectivity index (χ2v) is 9.85. The van der Waals surface area contributed by atoms with Gasteiger partial charge in [0, 0.05) is 0 Å². The molecule has 0 aliphatic rings. The number of azide groups is 1. The molecule has 0 aliphatic carbocycles. The van der Waals surface area contributed by atoms with Crippen molar-refractivity contribution < 1.29 is 0 Å². The van der Waals surface area contributed by atoms with Gasteiger partial charge in [-0.1, -0.05) is 0 Å². The summed E-state index contributed by atoms with van der Waals surface area (Å²) in [6.07, 6.45) is 0. The van der Waals surface area contributed by atoms with Gasteiger partial charge in [0.05, 0.1) is 0 Å². The van der Waals surface area contributed by atoms with Crippen LogP contribution in [0.3, 0.4) is 0 Å². The SMILES string of the molecule is C[CH2][Sn]([N]=[N+]=[N-])([N]=[N+]=[N-])[N]=[N+]=[N-]. The van der Waals surface area contributed by atoms with Gasteiger partial charge >= 0.3 is 71.9 Å². The molecule has 0 amide bonds. The Kier molecular flexibility index (Phi) is 4.82. The van der Waals surface area contributed by atoms with Crippen LogP contribution in [0.4, 0.5) is 0 Å². The number of hydrogen-bond acceptors (Lipinski definition) is 3. The molecule has 0 aromatic heterocycles. The predicted octanol–water partition coefficient (Wildman–Crippen LogP) is 2.88. The van der Waals surface area contributed by atoms with Crippen molar-refractivity contribution in [3.63, 3.8) is 0 Å². The van der Waals surface area contributed by atoms with Crippen molar-refractivity contribution in [1.82, 2.24) is 0 Å². The summed E-state index contributed by atoms with van der Waals surface area (Å²) in [5, 5.41) is 0. The standard InChI is InChI=1S/C2H5.3N3.Sn/c1-2;3*1-3-2;/h1H2,2H3;;;;/q;3*-1;+3. The van der Waals surface area contributed by atoms with E-state index in [-0.39, 0.29) is 0 Å². The van der Waals surface area contributed by atoms with Crippen LogP contribution in [0.25, 0.3) is 31.3 Å². The topological polar surface area (TPSA) is 146 Å². The molecule has 0 N–H and O–H groups in total. The van der Waals surface area contributed by atoms with E-state index in [9.17, 15) is 0 Å². The molecule has 62 valence electrons. The molecule has 0 atom stereocenters. The molecular formula is C2H5N9Sn. The van der Waals surface area contributed by atoms with E-state index in [2.05, 4.69) is 24.7 Å². The van der Waals surface area contributed by atoms with Crippen molar-refractivity contribution in [3.8, 4) is 0 Å². The molecule has 0 spiro atoms. The normalized spacial score (nSPS) is 12.8. The molecule has 0 saturated carbocycles. The van der Waals surface area contributed by atoms with Crippen LogP contribution < -0.4 is 0 Å². The molecule has 0 bridgehead atoms. The summed E-state index contributed by atoms with van der Waals surface area (Å²) >= 11 is -3.89. The minimum atomic E-state index is -3.89. The fourth-order valence-electron chi connectivity index (χ4n) is 0.487. The molecule has 12 heavy (non-hydrogen) atoms. The van der Waals surface area contributed by atoms with Gasteiger partial charge in [0.25, 0.3) is 0 Å². The van der Waals surface area contributed by atoms with Crippen LogP contribution in [0, 0.1) is 0 Å². The molecule has 0 aromatic rings. The molecule has 10 heteroatoms. The first-order valence-electron chi connectivity index (χ1n) is 2.93. The Labute approximate surface area is 72.2 Å². The Bertz CT molecular complexity index is 242. The van der Waals surface area contributed by atoms with Crippen molar-refractivity contribution in [2.75, 3.05) is 0 Å². The third kappa shape index (κ3) is 2.77. The summed E-state index contributed by atoms with van der Waals surface area (Å²) < 4.78 is 10.2. The maximum atomic E-state index is 8.13. The van der Waals surface area contributed by atoms with Crippen LogP contribution in [0.1, 0.15) is 6.92 Å². The molecular weight excluding hydrogens is 269 g/mol. The van der Waals surface area contributed by atoms with Crippen LogP contribution in [-0.4, -0.2) is 19.2 Å². The van der Waals surface area contributed by atoms with Gasteiger partial charge in [-0.2, -0.15) is 0 Å². The van der Waals surface area contributed by atoms with E-state index in [0.717, 1.165) is 0 Å². The van der Waals surface area contributed by atoms with E-state index in [1.807, 2.05) is 0 Å². The zero-order valence-electron chi connectivity index (χ0n) is 6.23. The Hall–Kier alpha value is -1.27. The predicted molar refractivity (Wildman–Crippen MR) is 43.7 cm³/mol. The van der Waals surface area contributed by atoms with Gasteiger partial charge in [0.2, 0.25) is 0 Å². The molecule has 9 nitrogen and oxygen atoms in total. The number of nitrogens with zero attached hydrogens (tertiary/aromatic N) is 9. The van der Waals surface area contributed by atoms with Crippen LogP contribution in [0.15, 0.2) is 10.0 Å². The molecule has 0 radical (unpaired) electrons. The average Bonchev–Trinajstić information content (AvgIpc) is 2.06. The van der Waals surface area contributed by atoms with Gasteiger partial charge in [-0.3, -0.25) is 0 Å². The van der Waals surface area contributed by atoms with Crippen molar-refractivity contribution in [2.24, 2.45) is 10.0 Å². The molecule has 0 unspecified atom stereocenters. The Balaban J connectivity index is 5.13. The molecule has 0 rings (SSSR count). The molecule has 0 heterocycles. The van der Waals surface area contributed by atoms with E-state index in [1.165, 1.54) is 0 Å². The van der Waals surface area contributed by atoms with Crippen LogP contribution in [0.2, 0.25) is 4.44 Å². The Morgan fingerprint density at radius 2 is 1.33 bits per heavy atom. The second-order valence-electron chi connectivity index (χ2n) is 1.70. The monoisotopic (exact) mass is 275 g/mol. The van der Waals surface area contributed by atoms with Gasteiger partial charge in [0.1, 0.15) is 0 Å². The molecule has 0 aliphatic heterocycles. The summed E-state index contributed by atoms with van der Waals surface area (Å²) in [4.78, 5) is 7.51. The summed E-state index contributed by atoms with van der Waals surface area (Å²) in [7, 11) is 0. The van der Waals surface area contributed by atoms with Crippen molar-refractivity contribution in [2.45, 2.75) is 11.4 Å². The fraction of sp³-hybridized carbons (Fsp3) is 1.00. The van der Waals surface area contributed by atoms with E-state index in [4.69, 9.17) is 16.6 Å². The van der Waals surface area contributed by atoms with E-state index in [0.29, 0.717) is 4.44 Å². The summed E-state index contributed by atoms with van der Waals surface area (Å²) in [6, 6.07) is 0. The van der Waals surface area contributed by atoms with Crippen molar-refractivity contribution >= 4 is 19.2 Å². The first-order valence-corrected chi connectivity index (χ1v) is 8.78. The quantitative estimate of drug-likeness (QED) is 0.321. The third-order valence-electron chi connectivity index (χ3n) is 1.09. The van der Waals surface area contributed by atoms with Crippen molar-refractivity contribution in [3.05, 3.63) is 31.3 Å². The molecule has 0 aromatic carbocycles. The first kappa shape index (κ1) is 10.7. The average molecular weight is 274 g/mol.